The summed E-state index contributed by atoms with van der Waals surface area (Å²) < 4.78 is 30.0. The standard InChI is InChI=1S/C26H31F2N3.C2H6/c1-16-20(21-8-7-17-9-10-29-14-25(17)21)6-4-3-5-18-11-23(19-13-30-31(2)15-19)24(26(27)28)12-22(16)18;1-2/h8,11-13,15-16,20,26,29H,3-7,9-10,14H2,1-2H3;1-2H3. The summed E-state index contributed by atoms with van der Waals surface area (Å²) in [6, 6.07) is 3.85. The molecule has 5 heteroatoms. The van der Waals surface area contributed by atoms with Crippen LogP contribution in [0.1, 0.15) is 81.9 Å². The quantitative estimate of drug-likeness (QED) is 0.536. The highest BCUT2D eigenvalue weighted by Crippen LogP contribution is 2.46. The molecule has 0 bridgehead atoms. The lowest BCUT2D eigenvalue weighted by molar-refractivity contribution is 0.152. The van der Waals surface area contributed by atoms with Crippen LogP contribution in [0.3, 0.4) is 0 Å². The largest absolute Gasteiger partial charge is 0.312 e. The van der Waals surface area contributed by atoms with E-state index in [1.165, 1.54) is 23.1 Å². The average molecular weight is 454 g/mol. The second-order valence-electron chi connectivity index (χ2n) is 9.36. The van der Waals surface area contributed by atoms with Gasteiger partial charge < -0.3 is 5.32 Å². The van der Waals surface area contributed by atoms with Gasteiger partial charge in [0.05, 0.1) is 6.20 Å². The zero-order valence-electron chi connectivity index (χ0n) is 20.4. The Morgan fingerprint density at radius 1 is 1.15 bits per heavy atom. The van der Waals surface area contributed by atoms with Gasteiger partial charge in [-0.1, -0.05) is 44.9 Å². The van der Waals surface area contributed by atoms with E-state index in [-0.39, 0.29) is 11.5 Å². The summed E-state index contributed by atoms with van der Waals surface area (Å²) in [4.78, 5) is 0. The Hall–Kier alpha value is -2.27. The van der Waals surface area contributed by atoms with E-state index in [9.17, 15) is 8.78 Å². The van der Waals surface area contributed by atoms with Crippen molar-refractivity contribution in [2.24, 2.45) is 13.0 Å². The van der Waals surface area contributed by atoms with Crippen LogP contribution in [0.4, 0.5) is 8.78 Å². The maximum atomic E-state index is 14.2. The third-order valence-corrected chi connectivity index (χ3v) is 7.52. The molecular weight excluding hydrogens is 416 g/mol. The predicted molar refractivity (Wildman–Crippen MR) is 132 cm³/mol. The molecule has 33 heavy (non-hydrogen) atoms. The number of fused-ring (bicyclic) bond motifs is 1. The lowest BCUT2D eigenvalue weighted by Crippen LogP contribution is -2.27. The van der Waals surface area contributed by atoms with Crippen molar-refractivity contribution in [2.45, 2.75) is 71.6 Å². The number of alkyl halides is 2. The van der Waals surface area contributed by atoms with Crippen LogP contribution < -0.4 is 5.32 Å². The van der Waals surface area contributed by atoms with Gasteiger partial charge in [0, 0.05) is 30.9 Å². The fourth-order valence-corrected chi connectivity index (χ4v) is 5.87. The topological polar surface area (TPSA) is 29.9 Å². The van der Waals surface area contributed by atoms with Crippen molar-refractivity contribution in [3.8, 4) is 11.1 Å². The first-order chi connectivity index (χ1) is 16.0. The number of hydrogen-bond acceptors (Lipinski definition) is 2. The maximum absolute atomic E-state index is 14.2. The Morgan fingerprint density at radius 3 is 2.70 bits per heavy atom. The van der Waals surface area contributed by atoms with Gasteiger partial charge in [0.25, 0.3) is 6.43 Å². The van der Waals surface area contributed by atoms with Crippen molar-refractivity contribution in [3.05, 3.63) is 64.0 Å². The van der Waals surface area contributed by atoms with E-state index < -0.39 is 6.43 Å². The Balaban J connectivity index is 0.00000126. The van der Waals surface area contributed by atoms with Crippen LogP contribution in [0.5, 0.6) is 0 Å². The summed E-state index contributed by atoms with van der Waals surface area (Å²) >= 11 is 0. The monoisotopic (exact) mass is 453 g/mol. The molecule has 3 nitrogen and oxygen atoms in total. The van der Waals surface area contributed by atoms with Gasteiger partial charge in [-0.05, 0) is 84.4 Å². The number of benzene rings is 1. The third-order valence-electron chi connectivity index (χ3n) is 7.52. The van der Waals surface area contributed by atoms with Crippen LogP contribution in [-0.4, -0.2) is 22.9 Å². The molecule has 3 aliphatic rings. The van der Waals surface area contributed by atoms with Gasteiger partial charge in [-0.2, -0.15) is 5.10 Å². The molecule has 0 radical (unpaired) electrons. The highest BCUT2D eigenvalue weighted by atomic mass is 19.3. The first-order valence-electron chi connectivity index (χ1n) is 12.6. The van der Waals surface area contributed by atoms with Crippen LogP contribution >= 0.6 is 0 Å². The summed E-state index contributed by atoms with van der Waals surface area (Å²) in [6.07, 6.45) is 10.0. The van der Waals surface area contributed by atoms with Gasteiger partial charge in [0.1, 0.15) is 0 Å². The van der Waals surface area contributed by atoms with E-state index in [0.717, 1.165) is 56.3 Å². The van der Waals surface area contributed by atoms with E-state index in [4.69, 9.17) is 0 Å². The van der Waals surface area contributed by atoms with Crippen molar-refractivity contribution in [2.75, 3.05) is 13.1 Å². The van der Waals surface area contributed by atoms with Crippen molar-refractivity contribution < 1.29 is 8.78 Å². The molecule has 0 amide bonds. The fraction of sp³-hybridized carbons (Fsp3) is 0.536. The van der Waals surface area contributed by atoms with Gasteiger partial charge in [-0.15, -0.1) is 0 Å². The van der Waals surface area contributed by atoms with Crippen molar-refractivity contribution in [1.82, 2.24) is 15.1 Å². The molecule has 2 aliphatic carbocycles. The number of nitrogens with one attached hydrogen (secondary N) is 1. The average Bonchev–Trinajstić information content (AvgIpc) is 3.45. The Morgan fingerprint density at radius 2 is 1.97 bits per heavy atom. The molecule has 0 fully saturated rings. The van der Waals surface area contributed by atoms with Crippen LogP contribution in [0.2, 0.25) is 0 Å². The number of aryl methyl sites for hydroxylation is 2. The van der Waals surface area contributed by atoms with Crippen LogP contribution in [-0.2, 0) is 13.5 Å². The fourth-order valence-electron chi connectivity index (χ4n) is 5.87. The summed E-state index contributed by atoms with van der Waals surface area (Å²) in [5.41, 5.74) is 8.47. The molecule has 1 aliphatic heterocycles. The normalized spacial score (nSPS) is 22.7. The molecule has 1 N–H and O–H groups in total. The van der Waals surface area contributed by atoms with Gasteiger partial charge >= 0.3 is 0 Å². The molecule has 0 spiro atoms. The maximum Gasteiger partial charge on any atom is 0.264 e. The molecule has 1 aromatic carbocycles. The molecule has 1 aromatic heterocycles. The molecule has 5 rings (SSSR count). The Bertz CT molecular complexity index is 1050. The number of hydrogen-bond donors (Lipinski definition) is 1. The van der Waals surface area contributed by atoms with E-state index in [1.54, 1.807) is 16.5 Å². The van der Waals surface area contributed by atoms with Crippen molar-refractivity contribution in [3.63, 3.8) is 0 Å². The lowest BCUT2D eigenvalue weighted by atomic mass is 9.73. The minimum atomic E-state index is -2.50. The minimum absolute atomic E-state index is 0.137. The first kappa shape index (κ1) is 23.9. The zero-order chi connectivity index (χ0) is 23.5. The molecule has 2 aromatic rings. The van der Waals surface area contributed by atoms with E-state index >= 15 is 0 Å². The van der Waals surface area contributed by atoms with Gasteiger partial charge in [-0.25, -0.2) is 8.78 Å². The highest BCUT2D eigenvalue weighted by Gasteiger charge is 2.32. The van der Waals surface area contributed by atoms with Crippen molar-refractivity contribution >= 4 is 0 Å². The molecular formula is C28H37F2N3. The van der Waals surface area contributed by atoms with Crippen LogP contribution in [0.25, 0.3) is 11.1 Å². The van der Waals surface area contributed by atoms with E-state index in [0.29, 0.717) is 11.5 Å². The second-order valence-corrected chi connectivity index (χ2v) is 9.36. The summed E-state index contributed by atoms with van der Waals surface area (Å²) in [6.45, 7) is 8.28. The second kappa shape index (κ2) is 10.3. The van der Waals surface area contributed by atoms with Gasteiger partial charge in [0.15, 0.2) is 0 Å². The van der Waals surface area contributed by atoms with Crippen LogP contribution in [0, 0.1) is 5.92 Å². The lowest BCUT2D eigenvalue weighted by Gasteiger charge is -2.33. The SMILES string of the molecule is CC.CC1c2cc(C(F)F)c(-c3cnn(C)c3)cc2CCCCC1C1=CCC2=C1CNCC2. The Labute approximate surface area is 197 Å². The zero-order valence-corrected chi connectivity index (χ0v) is 20.4. The number of halogens is 2. The third kappa shape index (κ3) is 4.70. The van der Waals surface area contributed by atoms with E-state index in [2.05, 4.69) is 23.4 Å². The smallest absolute Gasteiger partial charge is 0.264 e. The number of rotatable bonds is 3. The summed E-state index contributed by atoms with van der Waals surface area (Å²) in [5.74, 6) is 0.636. The molecule has 0 saturated heterocycles. The van der Waals surface area contributed by atoms with Gasteiger partial charge in [-0.3, -0.25) is 4.68 Å². The molecule has 0 saturated carbocycles. The number of nitrogens with zero attached hydrogens (tertiary/aromatic N) is 2. The number of allylic oxidation sites excluding steroid dienone is 1. The molecule has 2 heterocycles. The van der Waals surface area contributed by atoms with Gasteiger partial charge in [0.2, 0.25) is 0 Å². The molecule has 178 valence electrons. The van der Waals surface area contributed by atoms with Crippen molar-refractivity contribution in [1.29, 1.82) is 0 Å². The minimum Gasteiger partial charge on any atom is -0.312 e. The van der Waals surface area contributed by atoms with E-state index in [1.807, 2.05) is 39.2 Å². The first-order valence-corrected chi connectivity index (χ1v) is 12.6. The highest BCUT2D eigenvalue weighted by molar-refractivity contribution is 5.69. The predicted octanol–water partition coefficient (Wildman–Crippen LogP) is 7.12. The summed E-state index contributed by atoms with van der Waals surface area (Å²) in [7, 11) is 1.82. The Kier molecular flexibility index (Phi) is 7.48. The molecule has 2 atom stereocenters. The number of aromatic nitrogens is 2. The summed E-state index contributed by atoms with van der Waals surface area (Å²) in [5, 5.41) is 7.74. The van der Waals surface area contributed by atoms with Crippen LogP contribution in [0.15, 0.2) is 47.3 Å². The molecule has 2 unspecified atom stereocenters.